The van der Waals surface area contributed by atoms with Gasteiger partial charge in [0.15, 0.2) is 0 Å². The molecular formula is C17H17F2N3O2S. The van der Waals surface area contributed by atoms with Gasteiger partial charge in [0.25, 0.3) is 5.76 Å². The first-order valence-corrected chi connectivity index (χ1v) is 8.25. The number of nitrogens with two attached hydrogens (primary N) is 1. The average Bonchev–Trinajstić information content (AvgIpc) is 2.56. The van der Waals surface area contributed by atoms with Crippen LogP contribution in [-0.4, -0.2) is 23.6 Å². The molecule has 0 radical (unpaired) electrons. The van der Waals surface area contributed by atoms with Gasteiger partial charge in [0.1, 0.15) is 6.04 Å². The summed E-state index contributed by atoms with van der Waals surface area (Å²) in [5, 5.41) is 5.70. The number of rotatable bonds is 7. The van der Waals surface area contributed by atoms with Crippen LogP contribution in [0.15, 0.2) is 53.4 Å². The van der Waals surface area contributed by atoms with Crippen LogP contribution in [0.4, 0.5) is 20.2 Å². The third-order valence-electron chi connectivity index (χ3n) is 3.29. The number of nitrogens with one attached hydrogen (secondary N) is 2. The molecule has 0 aromatic heterocycles. The highest BCUT2D eigenvalue weighted by Crippen LogP contribution is 2.26. The Kier molecular flexibility index (Phi) is 6.35. The van der Waals surface area contributed by atoms with E-state index in [-0.39, 0.29) is 5.91 Å². The molecule has 5 nitrogen and oxygen atoms in total. The van der Waals surface area contributed by atoms with Crippen LogP contribution in [-0.2, 0) is 4.79 Å². The lowest BCUT2D eigenvalue weighted by atomic mass is 10.2. The molecule has 0 saturated carbocycles. The first-order chi connectivity index (χ1) is 11.8. The number of hydrogen-bond donors (Lipinski definition) is 3. The minimum atomic E-state index is -2.47. The Labute approximate surface area is 148 Å². The van der Waals surface area contributed by atoms with Crippen molar-refractivity contribution in [2.24, 2.45) is 5.73 Å². The van der Waals surface area contributed by atoms with E-state index < -0.39 is 17.7 Å². The van der Waals surface area contributed by atoms with E-state index in [9.17, 15) is 18.4 Å². The highest BCUT2D eigenvalue weighted by molar-refractivity contribution is 7.99. The summed E-state index contributed by atoms with van der Waals surface area (Å²) < 4.78 is 24.6. The highest BCUT2D eigenvalue weighted by atomic mass is 32.2. The van der Waals surface area contributed by atoms with Crippen LogP contribution in [0.5, 0.6) is 0 Å². The molecule has 0 aliphatic carbocycles. The molecule has 8 heteroatoms. The molecule has 0 bridgehead atoms. The molecular weight excluding hydrogens is 348 g/mol. The number of anilines is 2. The molecule has 0 heterocycles. The lowest BCUT2D eigenvalue weighted by Gasteiger charge is -2.15. The molecule has 0 aliphatic heterocycles. The molecule has 1 atom stereocenters. The van der Waals surface area contributed by atoms with Crippen molar-refractivity contribution in [2.75, 3.05) is 10.6 Å². The van der Waals surface area contributed by atoms with Gasteiger partial charge in [-0.05, 0) is 55.5 Å². The highest BCUT2D eigenvalue weighted by Gasteiger charge is 2.13. The normalized spacial score (nSPS) is 11.8. The third kappa shape index (κ3) is 5.75. The molecule has 2 rings (SSSR count). The van der Waals surface area contributed by atoms with Gasteiger partial charge in [0.2, 0.25) is 11.8 Å². The summed E-state index contributed by atoms with van der Waals surface area (Å²) in [5.74, 6) is -3.29. The number of carbonyl (C=O) groups excluding carboxylic acids is 2. The zero-order chi connectivity index (χ0) is 18.4. The SMILES string of the molecule is C[C@@H](Nc1ccc(SC(F)F)cc1)C(=O)Nc1ccc(C(N)=O)cc1. The van der Waals surface area contributed by atoms with Crippen LogP contribution < -0.4 is 16.4 Å². The van der Waals surface area contributed by atoms with Gasteiger partial charge in [-0.15, -0.1) is 0 Å². The van der Waals surface area contributed by atoms with E-state index in [0.29, 0.717) is 33.6 Å². The summed E-state index contributed by atoms with van der Waals surface area (Å²) in [6.45, 7) is 1.68. The first kappa shape index (κ1) is 18.7. The van der Waals surface area contributed by atoms with Gasteiger partial charge in [-0.2, -0.15) is 8.78 Å². The number of thioether (sulfide) groups is 1. The van der Waals surface area contributed by atoms with Crippen molar-refractivity contribution in [3.8, 4) is 0 Å². The Hall–Kier alpha value is -2.61. The summed E-state index contributed by atoms with van der Waals surface area (Å²) in [6.07, 6.45) is 0. The number of carbonyl (C=O) groups is 2. The Bertz CT molecular complexity index is 737. The Morgan fingerprint density at radius 1 is 1.00 bits per heavy atom. The molecule has 0 aliphatic rings. The van der Waals surface area contributed by atoms with E-state index in [1.54, 1.807) is 43.3 Å². The molecule has 4 N–H and O–H groups in total. The Balaban J connectivity index is 1.92. The second-order valence-electron chi connectivity index (χ2n) is 5.20. The number of amides is 2. The first-order valence-electron chi connectivity index (χ1n) is 7.37. The third-order valence-corrected chi connectivity index (χ3v) is 4.02. The second kappa shape index (κ2) is 8.48. The molecule has 2 aromatic rings. The summed E-state index contributed by atoms with van der Waals surface area (Å²) in [7, 11) is 0. The predicted molar refractivity (Wildman–Crippen MR) is 95.0 cm³/mol. The van der Waals surface area contributed by atoms with Crippen LogP contribution in [0.1, 0.15) is 17.3 Å². The van der Waals surface area contributed by atoms with E-state index in [1.165, 1.54) is 12.1 Å². The van der Waals surface area contributed by atoms with Crippen molar-refractivity contribution >= 4 is 35.0 Å². The molecule has 0 spiro atoms. The number of hydrogen-bond acceptors (Lipinski definition) is 4. The fourth-order valence-corrected chi connectivity index (χ4v) is 2.52. The summed E-state index contributed by atoms with van der Waals surface area (Å²) in [4.78, 5) is 23.6. The van der Waals surface area contributed by atoms with Crippen molar-refractivity contribution in [1.29, 1.82) is 0 Å². The van der Waals surface area contributed by atoms with Gasteiger partial charge in [0, 0.05) is 21.8 Å². The van der Waals surface area contributed by atoms with Gasteiger partial charge in [0.05, 0.1) is 0 Å². The molecule has 132 valence electrons. The monoisotopic (exact) mass is 365 g/mol. The van der Waals surface area contributed by atoms with Crippen molar-refractivity contribution in [3.05, 3.63) is 54.1 Å². The molecule has 25 heavy (non-hydrogen) atoms. The molecule has 0 saturated heterocycles. The fourth-order valence-electron chi connectivity index (χ4n) is 2.02. The van der Waals surface area contributed by atoms with E-state index in [4.69, 9.17) is 5.73 Å². The molecule has 0 fully saturated rings. The number of primary amides is 1. The minimum absolute atomic E-state index is 0.280. The van der Waals surface area contributed by atoms with E-state index in [0.717, 1.165) is 0 Å². The van der Waals surface area contributed by atoms with E-state index in [2.05, 4.69) is 10.6 Å². The number of halogens is 2. The Morgan fingerprint density at radius 2 is 1.56 bits per heavy atom. The van der Waals surface area contributed by atoms with Crippen molar-refractivity contribution < 1.29 is 18.4 Å². The van der Waals surface area contributed by atoms with Crippen LogP contribution in [0, 0.1) is 0 Å². The maximum atomic E-state index is 12.3. The topological polar surface area (TPSA) is 84.2 Å². The summed E-state index contributed by atoms with van der Waals surface area (Å²) >= 11 is 0.464. The van der Waals surface area contributed by atoms with Gasteiger partial charge < -0.3 is 16.4 Å². The van der Waals surface area contributed by atoms with Crippen LogP contribution in [0.25, 0.3) is 0 Å². The van der Waals surface area contributed by atoms with Gasteiger partial charge >= 0.3 is 0 Å². The Morgan fingerprint density at radius 3 is 2.08 bits per heavy atom. The lowest BCUT2D eigenvalue weighted by Crippen LogP contribution is -2.31. The average molecular weight is 365 g/mol. The van der Waals surface area contributed by atoms with E-state index >= 15 is 0 Å². The molecule has 2 amide bonds. The zero-order valence-electron chi connectivity index (χ0n) is 13.3. The van der Waals surface area contributed by atoms with E-state index in [1.807, 2.05) is 0 Å². The smallest absolute Gasteiger partial charge is 0.288 e. The second-order valence-corrected chi connectivity index (χ2v) is 6.26. The van der Waals surface area contributed by atoms with Gasteiger partial charge in [-0.25, -0.2) is 0 Å². The fraction of sp³-hybridized carbons (Fsp3) is 0.176. The zero-order valence-corrected chi connectivity index (χ0v) is 14.1. The lowest BCUT2D eigenvalue weighted by molar-refractivity contribution is -0.116. The molecule has 0 unspecified atom stereocenters. The number of alkyl halides is 2. The van der Waals surface area contributed by atoms with Gasteiger partial charge in [-0.3, -0.25) is 9.59 Å². The summed E-state index contributed by atoms with van der Waals surface area (Å²) in [6, 6.07) is 12.1. The molecule has 2 aromatic carbocycles. The maximum absolute atomic E-state index is 12.3. The minimum Gasteiger partial charge on any atom is -0.374 e. The van der Waals surface area contributed by atoms with Crippen molar-refractivity contribution in [2.45, 2.75) is 23.6 Å². The van der Waals surface area contributed by atoms with Crippen LogP contribution >= 0.6 is 11.8 Å². The largest absolute Gasteiger partial charge is 0.374 e. The predicted octanol–water partition coefficient (Wildman–Crippen LogP) is 3.54. The van der Waals surface area contributed by atoms with Crippen molar-refractivity contribution in [1.82, 2.24) is 0 Å². The van der Waals surface area contributed by atoms with Crippen LogP contribution in [0.2, 0.25) is 0 Å². The van der Waals surface area contributed by atoms with Crippen molar-refractivity contribution in [3.63, 3.8) is 0 Å². The number of benzene rings is 2. The quantitative estimate of drug-likeness (QED) is 0.655. The summed E-state index contributed by atoms with van der Waals surface area (Å²) in [5.41, 5.74) is 6.69. The van der Waals surface area contributed by atoms with Gasteiger partial charge in [-0.1, -0.05) is 11.8 Å². The maximum Gasteiger partial charge on any atom is 0.288 e. The van der Waals surface area contributed by atoms with Crippen LogP contribution in [0.3, 0.4) is 0 Å². The standard InChI is InChI=1S/C17H17F2N3O2S/c1-10(21-12-6-8-14(9-7-12)25-17(18)19)16(24)22-13-4-2-11(3-5-13)15(20)23/h2-10,17,21H,1H3,(H2,20,23)(H,22,24)/t10-/m1/s1.